The Bertz CT molecular complexity index is 773. The highest BCUT2D eigenvalue weighted by Crippen LogP contribution is 2.25. The number of anilines is 1. The number of benzene rings is 2. The zero-order chi connectivity index (χ0) is 19.9. The molecule has 0 spiro atoms. The molecule has 3 N–H and O–H groups in total. The highest BCUT2D eigenvalue weighted by molar-refractivity contribution is 5.90. The number of aromatic carboxylic acids is 1. The van der Waals surface area contributed by atoms with E-state index in [-0.39, 0.29) is 11.3 Å². The smallest absolute Gasteiger partial charge is 0.339 e. The lowest BCUT2D eigenvalue weighted by Gasteiger charge is -2.36. The minimum absolute atomic E-state index is 0.173. The van der Waals surface area contributed by atoms with Gasteiger partial charge in [-0.3, -0.25) is 4.90 Å². The van der Waals surface area contributed by atoms with Gasteiger partial charge in [0.1, 0.15) is 11.3 Å². The number of hydrogen-bond donors (Lipinski definition) is 3. The molecule has 1 saturated heterocycles. The van der Waals surface area contributed by atoms with Gasteiger partial charge in [0, 0.05) is 31.9 Å². The molecule has 0 aliphatic carbocycles. The first-order valence-corrected chi connectivity index (χ1v) is 9.81. The van der Waals surface area contributed by atoms with Gasteiger partial charge >= 0.3 is 5.97 Å². The number of piperazine rings is 1. The molecule has 0 bridgehead atoms. The Labute approximate surface area is 165 Å². The van der Waals surface area contributed by atoms with Crippen LogP contribution in [0, 0.1) is 0 Å². The van der Waals surface area contributed by atoms with E-state index in [4.69, 9.17) is 5.11 Å². The minimum atomic E-state index is -1.19. The summed E-state index contributed by atoms with van der Waals surface area (Å²) in [4.78, 5) is 16.0. The van der Waals surface area contributed by atoms with E-state index >= 15 is 0 Å². The summed E-state index contributed by atoms with van der Waals surface area (Å²) in [6, 6.07) is 14.7. The maximum atomic E-state index is 11.1. The SMILES string of the molecule is O=C(O)c1cc(C(O)CCCCN2CCN(c3ccccc3)CC2)ccc1O. The van der Waals surface area contributed by atoms with E-state index in [2.05, 4.69) is 34.1 Å². The predicted octanol–water partition coefficient (Wildman–Crippen LogP) is 3.12. The number of carboxylic acid groups (broad SMARTS) is 1. The van der Waals surface area contributed by atoms with Gasteiger partial charge in [0.05, 0.1) is 6.10 Å². The lowest BCUT2D eigenvalue weighted by Crippen LogP contribution is -2.46. The zero-order valence-electron chi connectivity index (χ0n) is 16.0. The van der Waals surface area contributed by atoms with Crippen molar-refractivity contribution in [1.29, 1.82) is 0 Å². The molecule has 1 atom stereocenters. The van der Waals surface area contributed by atoms with Crippen LogP contribution >= 0.6 is 0 Å². The van der Waals surface area contributed by atoms with Crippen LogP contribution in [0.2, 0.25) is 0 Å². The van der Waals surface area contributed by atoms with E-state index in [1.165, 1.54) is 17.8 Å². The van der Waals surface area contributed by atoms with Crippen molar-refractivity contribution in [2.24, 2.45) is 0 Å². The molecule has 2 aromatic rings. The maximum Gasteiger partial charge on any atom is 0.339 e. The first-order valence-electron chi connectivity index (χ1n) is 9.81. The van der Waals surface area contributed by atoms with Crippen molar-refractivity contribution < 1.29 is 20.1 Å². The van der Waals surface area contributed by atoms with E-state index in [0.29, 0.717) is 12.0 Å². The number of aliphatic hydroxyl groups is 1. The monoisotopic (exact) mass is 384 g/mol. The highest BCUT2D eigenvalue weighted by atomic mass is 16.4. The van der Waals surface area contributed by atoms with Gasteiger partial charge in [-0.15, -0.1) is 0 Å². The molecule has 6 heteroatoms. The Morgan fingerprint density at radius 2 is 1.71 bits per heavy atom. The van der Waals surface area contributed by atoms with Crippen LogP contribution in [0.25, 0.3) is 0 Å². The second-order valence-electron chi connectivity index (χ2n) is 7.26. The number of phenols is 1. The van der Waals surface area contributed by atoms with Gasteiger partial charge in [-0.2, -0.15) is 0 Å². The van der Waals surface area contributed by atoms with Crippen molar-refractivity contribution >= 4 is 11.7 Å². The summed E-state index contributed by atoms with van der Waals surface area (Å²) in [6.07, 6.45) is 1.72. The minimum Gasteiger partial charge on any atom is -0.507 e. The summed E-state index contributed by atoms with van der Waals surface area (Å²) in [7, 11) is 0. The van der Waals surface area contributed by atoms with Gasteiger partial charge in [0.25, 0.3) is 0 Å². The molecular formula is C22H28N2O4. The molecule has 1 fully saturated rings. The number of unbranched alkanes of at least 4 members (excludes halogenated alkanes) is 1. The van der Waals surface area contributed by atoms with Crippen molar-refractivity contribution in [2.45, 2.75) is 25.4 Å². The largest absolute Gasteiger partial charge is 0.507 e. The lowest BCUT2D eigenvalue weighted by molar-refractivity contribution is 0.0693. The first-order chi connectivity index (χ1) is 13.5. The Hall–Kier alpha value is -2.57. The molecule has 28 heavy (non-hydrogen) atoms. The van der Waals surface area contributed by atoms with E-state index in [9.17, 15) is 15.0 Å². The average Bonchev–Trinajstić information content (AvgIpc) is 2.72. The third-order valence-electron chi connectivity index (χ3n) is 5.33. The third-order valence-corrected chi connectivity index (χ3v) is 5.33. The van der Waals surface area contributed by atoms with Crippen molar-refractivity contribution in [3.63, 3.8) is 0 Å². The first kappa shape index (κ1) is 20.2. The van der Waals surface area contributed by atoms with Gasteiger partial charge in [-0.05, 0) is 55.6 Å². The zero-order valence-corrected chi connectivity index (χ0v) is 16.0. The van der Waals surface area contributed by atoms with Gasteiger partial charge in [0.15, 0.2) is 0 Å². The predicted molar refractivity (Wildman–Crippen MR) is 109 cm³/mol. The van der Waals surface area contributed by atoms with Crippen molar-refractivity contribution in [3.05, 3.63) is 59.7 Å². The number of carbonyl (C=O) groups is 1. The maximum absolute atomic E-state index is 11.1. The van der Waals surface area contributed by atoms with Crippen LogP contribution < -0.4 is 4.90 Å². The number of rotatable bonds is 8. The molecule has 1 unspecified atom stereocenters. The fourth-order valence-electron chi connectivity index (χ4n) is 3.64. The number of nitrogens with zero attached hydrogens (tertiary/aromatic N) is 2. The second kappa shape index (κ2) is 9.57. The van der Waals surface area contributed by atoms with Crippen LogP contribution in [0.15, 0.2) is 48.5 Å². The summed E-state index contributed by atoms with van der Waals surface area (Å²) in [6.45, 7) is 5.14. The topological polar surface area (TPSA) is 84.2 Å². The Morgan fingerprint density at radius 3 is 2.39 bits per heavy atom. The molecule has 150 valence electrons. The molecule has 1 aliphatic heterocycles. The van der Waals surface area contributed by atoms with Crippen molar-refractivity contribution in [3.8, 4) is 5.75 Å². The molecule has 3 rings (SSSR count). The number of para-hydroxylation sites is 1. The average molecular weight is 384 g/mol. The van der Waals surface area contributed by atoms with Crippen LogP contribution in [0.5, 0.6) is 5.75 Å². The number of aromatic hydroxyl groups is 1. The summed E-state index contributed by atoms with van der Waals surface area (Å²) in [5.41, 5.74) is 1.64. The summed E-state index contributed by atoms with van der Waals surface area (Å²) >= 11 is 0. The standard InChI is InChI=1S/C22H28N2O4/c25-20(17-9-10-21(26)19(16-17)22(27)28)8-4-5-11-23-12-14-24(15-13-23)18-6-2-1-3-7-18/h1-3,6-7,9-10,16,20,25-26H,4-5,8,11-15H2,(H,27,28). The van der Waals surface area contributed by atoms with Crippen LogP contribution in [-0.4, -0.2) is 58.9 Å². The molecule has 0 saturated carbocycles. The number of hydrogen-bond acceptors (Lipinski definition) is 5. The molecule has 0 amide bonds. The normalized spacial score (nSPS) is 16.1. The molecule has 2 aromatic carbocycles. The molecule has 0 radical (unpaired) electrons. The highest BCUT2D eigenvalue weighted by Gasteiger charge is 2.17. The lowest BCUT2D eigenvalue weighted by atomic mass is 10.0. The van der Waals surface area contributed by atoms with E-state index in [1.807, 2.05) is 6.07 Å². The second-order valence-corrected chi connectivity index (χ2v) is 7.26. The van der Waals surface area contributed by atoms with Crippen LogP contribution in [-0.2, 0) is 0 Å². The quantitative estimate of drug-likeness (QED) is 0.607. The van der Waals surface area contributed by atoms with Crippen LogP contribution in [0.3, 0.4) is 0 Å². The molecular weight excluding hydrogens is 356 g/mol. The van der Waals surface area contributed by atoms with Gasteiger partial charge < -0.3 is 20.2 Å². The summed E-state index contributed by atoms with van der Waals surface area (Å²) in [5, 5.41) is 29.0. The third kappa shape index (κ3) is 5.24. The summed E-state index contributed by atoms with van der Waals surface area (Å²) < 4.78 is 0. The fourth-order valence-corrected chi connectivity index (χ4v) is 3.64. The van der Waals surface area contributed by atoms with E-state index < -0.39 is 12.1 Å². The van der Waals surface area contributed by atoms with Crippen molar-refractivity contribution in [1.82, 2.24) is 4.90 Å². The van der Waals surface area contributed by atoms with Gasteiger partial charge in [-0.1, -0.05) is 24.3 Å². The van der Waals surface area contributed by atoms with E-state index in [0.717, 1.165) is 45.6 Å². The Kier molecular flexibility index (Phi) is 6.90. The fraction of sp³-hybridized carbons (Fsp3) is 0.409. The van der Waals surface area contributed by atoms with Gasteiger partial charge in [-0.25, -0.2) is 4.79 Å². The van der Waals surface area contributed by atoms with Crippen molar-refractivity contribution in [2.75, 3.05) is 37.6 Å². The Balaban J connectivity index is 1.38. The molecule has 6 nitrogen and oxygen atoms in total. The van der Waals surface area contributed by atoms with Crippen LogP contribution in [0.4, 0.5) is 5.69 Å². The molecule has 1 aliphatic rings. The Morgan fingerprint density at radius 1 is 1.00 bits per heavy atom. The van der Waals surface area contributed by atoms with E-state index in [1.54, 1.807) is 6.07 Å². The number of aliphatic hydroxyl groups excluding tert-OH is 1. The number of carboxylic acids is 1. The summed E-state index contributed by atoms with van der Waals surface area (Å²) in [5.74, 6) is -1.47. The van der Waals surface area contributed by atoms with Gasteiger partial charge in [0.2, 0.25) is 0 Å². The van der Waals surface area contributed by atoms with Crippen LogP contribution in [0.1, 0.15) is 41.3 Å². The molecule has 0 aromatic heterocycles. The molecule has 1 heterocycles.